The molecule has 1 fully saturated rings. The number of nitrogens with zero attached hydrogens (tertiary/aromatic N) is 3. The second-order valence-electron chi connectivity index (χ2n) is 6.66. The zero-order chi connectivity index (χ0) is 19.0. The molecule has 4 rings (SSSR count). The van der Waals surface area contributed by atoms with E-state index in [1.807, 2.05) is 18.2 Å². The van der Waals surface area contributed by atoms with Crippen molar-refractivity contribution in [2.24, 2.45) is 0 Å². The van der Waals surface area contributed by atoms with Gasteiger partial charge in [-0.2, -0.15) is 0 Å². The molecule has 0 aliphatic heterocycles. The van der Waals surface area contributed by atoms with Gasteiger partial charge in [-0.3, -0.25) is 18.6 Å². The number of halogens is 1. The monoisotopic (exact) mass is 382 g/mol. The van der Waals surface area contributed by atoms with Gasteiger partial charge in [0.25, 0.3) is 11.5 Å². The van der Waals surface area contributed by atoms with Crippen LogP contribution in [-0.4, -0.2) is 25.9 Å². The summed E-state index contributed by atoms with van der Waals surface area (Å²) in [6.07, 6.45) is 8.11. The molecule has 0 radical (unpaired) electrons. The predicted molar refractivity (Wildman–Crippen MR) is 105 cm³/mol. The van der Waals surface area contributed by atoms with Crippen LogP contribution >= 0.6 is 11.6 Å². The minimum absolute atomic E-state index is 0.200. The summed E-state index contributed by atoms with van der Waals surface area (Å²) < 4.78 is 3.15. The number of amides is 1. The lowest BCUT2D eigenvalue weighted by Crippen LogP contribution is -2.39. The average Bonchev–Trinajstić information content (AvgIpc) is 3.05. The number of fused-ring (bicyclic) bond motifs is 1. The van der Waals surface area contributed by atoms with Crippen LogP contribution in [0.3, 0.4) is 0 Å². The molecule has 1 aliphatic carbocycles. The summed E-state index contributed by atoms with van der Waals surface area (Å²) in [6, 6.07) is 7.53. The summed E-state index contributed by atoms with van der Waals surface area (Å²) in [7, 11) is 0. The van der Waals surface area contributed by atoms with E-state index in [0.29, 0.717) is 17.3 Å². The first kappa shape index (κ1) is 17.5. The lowest BCUT2D eigenvalue weighted by molar-refractivity contribution is 0.0912. The van der Waals surface area contributed by atoms with Crippen molar-refractivity contribution in [3.63, 3.8) is 0 Å². The fourth-order valence-electron chi connectivity index (χ4n) is 3.20. The van der Waals surface area contributed by atoms with Crippen LogP contribution in [0.15, 0.2) is 54.1 Å². The molecule has 1 amide bonds. The van der Waals surface area contributed by atoms with Gasteiger partial charge >= 0.3 is 0 Å². The highest BCUT2D eigenvalue weighted by atomic mass is 35.5. The van der Waals surface area contributed by atoms with Crippen LogP contribution in [0.1, 0.15) is 29.8 Å². The fraction of sp³-hybridized carbons (Fsp3) is 0.250. The first-order chi connectivity index (χ1) is 13.1. The molecular formula is C20H19ClN4O2. The van der Waals surface area contributed by atoms with E-state index in [-0.39, 0.29) is 28.8 Å². The van der Waals surface area contributed by atoms with Crippen LogP contribution in [0, 0.1) is 0 Å². The minimum Gasteiger partial charge on any atom is -0.348 e. The third-order valence-corrected chi connectivity index (χ3v) is 5.18. The molecule has 1 aromatic carbocycles. The summed E-state index contributed by atoms with van der Waals surface area (Å²) in [4.78, 5) is 29.7. The Bertz CT molecular complexity index is 1100. The molecule has 2 heterocycles. The quantitative estimate of drug-likeness (QED) is 0.688. The Balaban J connectivity index is 1.84. The average molecular weight is 383 g/mol. The smallest absolute Gasteiger partial charge is 0.295 e. The van der Waals surface area contributed by atoms with E-state index in [4.69, 9.17) is 11.6 Å². The number of carbonyl (C=O) groups is 1. The van der Waals surface area contributed by atoms with Gasteiger partial charge in [-0.25, -0.2) is 4.98 Å². The zero-order valence-corrected chi connectivity index (χ0v) is 15.4. The molecule has 0 spiro atoms. The van der Waals surface area contributed by atoms with Gasteiger partial charge in [0.2, 0.25) is 5.65 Å². The van der Waals surface area contributed by atoms with E-state index in [1.54, 1.807) is 33.5 Å². The summed E-state index contributed by atoms with van der Waals surface area (Å²) >= 11 is 6.34. The largest absolute Gasteiger partial charge is 0.348 e. The molecule has 0 saturated heterocycles. The highest BCUT2D eigenvalue weighted by molar-refractivity contribution is 6.33. The molecule has 1 N–H and O–H groups in total. The van der Waals surface area contributed by atoms with Gasteiger partial charge in [-0.05, 0) is 25.3 Å². The van der Waals surface area contributed by atoms with Gasteiger partial charge in [0.05, 0.1) is 5.69 Å². The SMILES string of the molecule is C=CCn1c(-c2ccccc2Cl)cn2cc(C(=O)NC3CCC3)nc2c1=O. The Morgan fingerprint density at radius 1 is 1.33 bits per heavy atom. The van der Waals surface area contributed by atoms with E-state index in [0.717, 1.165) is 24.8 Å². The van der Waals surface area contributed by atoms with E-state index in [1.165, 1.54) is 0 Å². The van der Waals surface area contributed by atoms with Gasteiger partial charge in [0.15, 0.2) is 0 Å². The number of allylic oxidation sites excluding steroid dienone is 1. The van der Waals surface area contributed by atoms with Crippen molar-refractivity contribution < 1.29 is 4.79 Å². The number of rotatable bonds is 5. The Kier molecular flexibility index (Phi) is 4.58. The molecule has 138 valence electrons. The summed E-state index contributed by atoms with van der Waals surface area (Å²) in [5, 5.41) is 3.49. The molecule has 6 nitrogen and oxygen atoms in total. The Labute approximate surface area is 161 Å². The summed E-state index contributed by atoms with van der Waals surface area (Å²) in [5.74, 6) is -0.252. The molecule has 3 aromatic rings. The topological polar surface area (TPSA) is 68.4 Å². The maximum absolute atomic E-state index is 13.0. The number of carbonyl (C=O) groups excluding carboxylic acids is 1. The maximum atomic E-state index is 13.0. The first-order valence-electron chi connectivity index (χ1n) is 8.87. The zero-order valence-electron chi connectivity index (χ0n) is 14.7. The number of benzene rings is 1. The van der Waals surface area contributed by atoms with Crippen molar-refractivity contribution in [3.05, 3.63) is 70.4 Å². The molecule has 0 bridgehead atoms. The second-order valence-corrected chi connectivity index (χ2v) is 7.06. The number of hydrogen-bond donors (Lipinski definition) is 1. The molecule has 7 heteroatoms. The number of imidazole rings is 1. The van der Waals surface area contributed by atoms with Crippen LogP contribution in [0.25, 0.3) is 16.9 Å². The fourth-order valence-corrected chi connectivity index (χ4v) is 3.43. The third-order valence-electron chi connectivity index (χ3n) is 4.86. The second kappa shape index (κ2) is 7.04. The van der Waals surface area contributed by atoms with Crippen LogP contribution in [0.4, 0.5) is 0 Å². The minimum atomic E-state index is -0.296. The predicted octanol–water partition coefficient (Wildman–Crippen LogP) is 3.28. The molecule has 2 aromatic heterocycles. The lowest BCUT2D eigenvalue weighted by Gasteiger charge is -2.25. The van der Waals surface area contributed by atoms with Crippen molar-refractivity contribution in [1.29, 1.82) is 0 Å². The van der Waals surface area contributed by atoms with E-state index < -0.39 is 0 Å². The third kappa shape index (κ3) is 3.17. The van der Waals surface area contributed by atoms with Gasteiger partial charge in [-0.1, -0.05) is 35.9 Å². The highest BCUT2D eigenvalue weighted by Gasteiger charge is 2.22. The summed E-state index contributed by atoms with van der Waals surface area (Å²) in [5.41, 5.74) is 1.51. The van der Waals surface area contributed by atoms with E-state index in [2.05, 4.69) is 16.9 Å². The molecule has 1 saturated carbocycles. The number of aromatic nitrogens is 3. The standard InChI is InChI=1S/C20H19ClN4O2/c1-2-10-25-17(14-8-3-4-9-15(14)21)12-24-11-16(23-18(24)20(25)27)19(26)22-13-6-5-7-13/h2-4,8-9,11-13H,1,5-7,10H2,(H,22,26). The Hall–Kier alpha value is -2.86. The Morgan fingerprint density at radius 3 is 2.78 bits per heavy atom. The van der Waals surface area contributed by atoms with Gasteiger partial charge in [-0.15, -0.1) is 6.58 Å². The van der Waals surface area contributed by atoms with Crippen molar-refractivity contribution in [2.75, 3.05) is 0 Å². The van der Waals surface area contributed by atoms with Crippen LogP contribution in [0.2, 0.25) is 5.02 Å². The van der Waals surface area contributed by atoms with Crippen LogP contribution < -0.4 is 10.9 Å². The van der Waals surface area contributed by atoms with E-state index in [9.17, 15) is 9.59 Å². The number of hydrogen-bond acceptors (Lipinski definition) is 3. The highest BCUT2D eigenvalue weighted by Crippen LogP contribution is 2.27. The van der Waals surface area contributed by atoms with Gasteiger partial charge < -0.3 is 5.32 Å². The molecule has 0 unspecified atom stereocenters. The molecule has 0 atom stereocenters. The maximum Gasteiger partial charge on any atom is 0.295 e. The molecule has 1 aliphatic rings. The molecular weight excluding hydrogens is 364 g/mol. The van der Waals surface area contributed by atoms with Gasteiger partial charge in [0.1, 0.15) is 5.69 Å². The van der Waals surface area contributed by atoms with Gasteiger partial charge in [0, 0.05) is 35.6 Å². The molecule has 27 heavy (non-hydrogen) atoms. The van der Waals surface area contributed by atoms with Crippen molar-refractivity contribution in [3.8, 4) is 11.3 Å². The summed E-state index contributed by atoms with van der Waals surface area (Å²) in [6.45, 7) is 4.04. The first-order valence-corrected chi connectivity index (χ1v) is 9.25. The van der Waals surface area contributed by atoms with Crippen LogP contribution in [0.5, 0.6) is 0 Å². The lowest BCUT2D eigenvalue weighted by atomic mass is 9.93. The Morgan fingerprint density at radius 2 is 2.11 bits per heavy atom. The van der Waals surface area contributed by atoms with Crippen molar-refractivity contribution in [2.45, 2.75) is 31.8 Å². The normalized spacial score (nSPS) is 14.1. The van der Waals surface area contributed by atoms with Crippen LogP contribution in [-0.2, 0) is 6.54 Å². The van der Waals surface area contributed by atoms with Crippen molar-refractivity contribution in [1.82, 2.24) is 19.3 Å². The number of nitrogens with one attached hydrogen (secondary N) is 1. The van der Waals surface area contributed by atoms with Crippen molar-refractivity contribution >= 4 is 23.2 Å². The van der Waals surface area contributed by atoms with E-state index >= 15 is 0 Å².